The molecule has 26 heavy (non-hydrogen) atoms. The van der Waals surface area contributed by atoms with Crippen LogP contribution in [0.15, 0.2) is 47.5 Å². The second-order valence-corrected chi connectivity index (χ2v) is 7.57. The van der Waals surface area contributed by atoms with Gasteiger partial charge in [0.05, 0.1) is 18.7 Å². The zero-order valence-electron chi connectivity index (χ0n) is 14.7. The molecule has 5 nitrogen and oxygen atoms in total. The number of ether oxygens (including phenoxy) is 1. The van der Waals surface area contributed by atoms with Gasteiger partial charge in [-0.3, -0.25) is 0 Å². The Hall–Kier alpha value is -2.05. The average Bonchev–Trinajstić information content (AvgIpc) is 2.68. The van der Waals surface area contributed by atoms with Crippen LogP contribution in [-0.4, -0.2) is 37.7 Å². The van der Waals surface area contributed by atoms with E-state index in [1.54, 1.807) is 19.2 Å². The van der Waals surface area contributed by atoms with Gasteiger partial charge in [-0.05, 0) is 35.9 Å². The molecule has 3 rings (SSSR count). The maximum Gasteiger partial charge on any atom is 0.193 e. The summed E-state index contributed by atoms with van der Waals surface area (Å²) < 4.78 is 5.14. The van der Waals surface area contributed by atoms with Gasteiger partial charge in [0.1, 0.15) is 5.75 Å². The lowest BCUT2D eigenvalue weighted by Crippen LogP contribution is -2.32. The summed E-state index contributed by atoms with van der Waals surface area (Å²) >= 11 is 8.13. The zero-order valence-corrected chi connectivity index (χ0v) is 16.3. The standard InChI is InChI=1S/C19H23ClN4OS/c1-25-18-7-4-15(12-17(18)20)23-19(21)22-13-14-2-5-16(6-3-14)24-8-10-26-11-9-24/h2-7,12H,8-11,13H2,1H3,(H3,21,22,23). The lowest BCUT2D eigenvalue weighted by atomic mass is 10.2. The van der Waals surface area contributed by atoms with Crippen LogP contribution in [0.1, 0.15) is 5.56 Å². The number of aliphatic imine (C=N–C) groups is 1. The summed E-state index contributed by atoms with van der Waals surface area (Å²) in [6.45, 7) is 2.76. The van der Waals surface area contributed by atoms with Crippen LogP contribution in [0.25, 0.3) is 0 Å². The monoisotopic (exact) mass is 390 g/mol. The molecular weight excluding hydrogens is 368 g/mol. The van der Waals surface area contributed by atoms with E-state index in [-0.39, 0.29) is 0 Å². The second-order valence-electron chi connectivity index (χ2n) is 5.94. The highest BCUT2D eigenvalue weighted by Gasteiger charge is 2.10. The molecule has 0 radical (unpaired) electrons. The van der Waals surface area contributed by atoms with E-state index < -0.39 is 0 Å². The average molecular weight is 391 g/mol. The van der Waals surface area contributed by atoms with Gasteiger partial charge in [-0.2, -0.15) is 11.8 Å². The van der Waals surface area contributed by atoms with Crippen LogP contribution < -0.4 is 20.7 Å². The predicted molar refractivity (Wildman–Crippen MR) is 113 cm³/mol. The molecule has 0 unspecified atom stereocenters. The van der Waals surface area contributed by atoms with Gasteiger partial charge in [-0.15, -0.1) is 0 Å². The van der Waals surface area contributed by atoms with E-state index in [2.05, 4.69) is 39.5 Å². The van der Waals surface area contributed by atoms with E-state index >= 15 is 0 Å². The quantitative estimate of drug-likeness (QED) is 0.600. The molecule has 138 valence electrons. The number of nitrogens with one attached hydrogen (secondary N) is 1. The minimum Gasteiger partial charge on any atom is -0.495 e. The highest BCUT2D eigenvalue weighted by Crippen LogP contribution is 2.27. The number of anilines is 2. The molecule has 0 amide bonds. The number of nitrogens with two attached hydrogens (primary N) is 1. The number of benzene rings is 2. The van der Waals surface area contributed by atoms with Crippen molar-refractivity contribution in [1.29, 1.82) is 0 Å². The van der Waals surface area contributed by atoms with Crippen molar-refractivity contribution in [3.63, 3.8) is 0 Å². The Morgan fingerprint density at radius 3 is 2.62 bits per heavy atom. The van der Waals surface area contributed by atoms with E-state index in [4.69, 9.17) is 22.1 Å². The van der Waals surface area contributed by atoms with Crippen LogP contribution in [0.5, 0.6) is 5.75 Å². The lowest BCUT2D eigenvalue weighted by molar-refractivity contribution is 0.415. The molecule has 7 heteroatoms. The summed E-state index contributed by atoms with van der Waals surface area (Å²) in [7, 11) is 1.58. The van der Waals surface area contributed by atoms with Crippen molar-refractivity contribution in [2.24, 2.45) is 10.7 Å². The number of hydrogen-bond donors (Lipinski definition) is 2. The Morgan fingerprint density at radius 1 is 1.23 bits per heavy atom. The molecular formula is C19H23ClN4OS. The first-order valence-corrected chi connectivity index (χ1v) is 10.0. The molecule has 0 atom stereocenters. The van der Waals surface area contributed by atoms with E-state index in [9.17, 15) is 0 Å². The van der Waals surface area contributed by atoms with Gasteiger partial charge in [0.2, 0.25) is 0 Å². The van der Waals surface area contributed by atoms with Crippen LogP contribution in [0.3, 0.4) is 0 Å². The van der Waals surface area contributed by atoms with Crippen molar-refractivity contribution >= 4 is 40.7 Å². The van der Waals surface area contributed by atoms with Gasteiger partial charge in [0.15, 0.2) is 5.96 Å². The Morgan fingerprint density at radius 2 is 1.96 bits per heavy atom. The van der Waals surface area contributed by atoms with Crippen molar-refractivity contribution in [2.75, 3.05) is 41.9 Å². The molecule has 1 saturated heterocycles. The minimum atomic E-state index is 0.350. The summed E-state index contributed by atoms with van der Waals surface area (Å²) in [5.74, 6) is 3.37. The Kier molecular flexibility index (Phi) is 6.52. The summed E-state index contributed by atoms with van der Waals surface area (Å²) in [6.07, 6.45) is 0. The first-order chi connectivity index (χ1) is 12.7. The summed E-state index contributed by atoms with van der Waals surface area (Å²) in [5, 5.41) is 3.57. The summed E-state index contributed by atoms with van der Waals surface area (Å²) in [5.41, 5.74) is 9.15. The molecule has 1 heterocycles. The van der Waals surface area contributed by atoms with E-state index in [0.717, 1.165) is 24.3 Å². The molecule has 1 fully saturated rings. The van der Waals surface area contributed by atoms with Crippen molar-refractivity contribution in [3.05, 3.63) is 53.1 Å². The first kappa shape index (κ1) is 18.7. The van der Waals surface area contributed by atoms with Crippen molar-refractivity contribution in [3.8, 4) is 5.75 Å². The molecule has 0 bridgehead atoms. The Labute approximate surface area is 163 Å². The largest absolute Gasteiger partial charge is 0.495 e. The molecule has 3 N–H and O–H groups in total. The third-order valence-electron chi connectivity index (χ3n) is 4.17. The highest BCUT2D eigenvalue weighted by atomic mass is 35.5. The first-order valence-electron chi connectivity index (χ1n) is 8.48. The van der Waals surface area contributed by atoms with Gasteiger partial charge in [0.25, 0.3) is 0 Å². The third kappa shape index (κ3) is 4.99. The summed E-state index contributed by atoms with van der Waals surface area (Å²) in [6, 6.07) is 13.9. The number of methoxy groups -OCH3 is 1. The fourth-order valence-corrected chi connectivity index (χ4v) is 3.90. The predicted octanol–water partition coefficient (Wildman–Crippen LogP) is 3.83. The van der Waals surface area contributed by atoms with Crippen molar-refractivity contribution in [1.82, 2.24) is 0 Å². The molecule has 2 aromatic carbocycles. The third-order valence-corrected chi connectivity index (χ3v) is 5.41. The second kappa shape index (κ2) is 9.05. The highest BCUT2D eigenvalue weighted by molar-refractivity contribution is 7.99. The lowest BCUT2D eigenvalue weighted by Gasteiger charge is -2.28. The van der Waals surface area contributed by atoms with Crippen LogP contribution >= 0.6 is 23.4 Å². The molecule has 1 aliphatic rings. The number of hydrogen-bond acceptors (Lipinski definition) is 4. The Balaban J connectivity index is 1.57. The molecule has 1 aliphatic heterocycles. The van der Waals surface area contributed by atoms with E-state index in [1.165, 1.54) is 17.2 Å². The number of thioether (sulfide) groups is 1. The zero-order chi connectivity index (χ0) is 18.4. The number of nitrogens with zero attached hydrogens (tertiary/aromatic N) is 2. The van der Waals surface area contributed by atoms with Gasteiger partial charge in [-0.1, -0.05) is 23.7 Å². The molecule has 0 spiro atoms. The minimum absolute atomic E-state index is 0.350. The van der Waals surface area contributed by atoms with Gasteiger partial charge >= 0.3 is 0 Å². The van der Waals surface area contributed by atoms with Crippen LogP contribution in [0.2, 0.25) is 5.02 Å². The van der Waals surface area contributed by atoms with Crippen LogP contribution in [0, 0.1) is 0 Å². The van der Waals surface area contributed by atoms with Crippen molar-refractivity contribution < 1.29 is 4.74 Å². The maximum atomic E-state index is 6.11. The van der Waals surface area contributed by atoms with Gasteiger partial charge < -0.3 is 20.7 Å². The fourth-order valence-electron chi connectivity index (χ4n) is 2.74. The molecule has 0 aliphatic carbocycles. The smallest absolute Gasteiger partial charge is 0.193 e. The van der Waals surface area contributed by atoms with Gasteiger partial charge in [0, 0.05) is 36.0 Å². The molecule has 2 aromatic rings. The topological polar surface area (TPSA) is 62.9 Å². The molecule has 0 aromatic heterocycles. The van der Waals surface area contributed by atoms with E-state index in [0.29, 0.717) is 23.3 Å². The van der Waals surface area contributed by atoms with Gasteiger partial charge in [-0.25, -0.2) is 4.99 Å². The maximum absolute atomic E-state index is 6.11. The normalized spacial score (nSPS) is 15.0. The number of halogens is 1. The SMILES string of the molecule is COc1ccc(NC(N)=NCc2ccc(N3CCSCC3)cc2)cc1Cl. The van der Waals surface area contributed by atoms with Crippen LogP contribution in [0.4, 0.5) is 11.4 Å². The van der Waals surface area contributed by atoms with Crippen LogP contribution in [-0.2, 0) is 6.54 Å². The Bertz CT molecular complexity index is 761. The molecule has 0 saturated carbocycles. The number of guanidine groups is 1. The van der Waals surface area contributed by atoms with E-state index in [1.807, 2.05) is 17.8 Å². The van der Waals surface area contributed by atoms with Crippen molar-refractivity contribution in [2.45, 2.75) is 6.54 Å². The summed E-state index contributed by atoms with van der Waals surface area (Å²) in [4.78, 5) is 6.82. The fraction of sp³-hybridized carbons (Fsp3) is 0.316. The number of rotatable bonds is 5.